The SMILES string of the molecule is CCOC(=O)c1ccc2[nH]c(CC(=O)OC)cc(=O)c2c1. The van der Waals surface area contributed by atoms with Gasteiger partial charge in [0.05, 0.1) is 25.7 Å². The Labute approximate surface area is 120 Å². The maximum atomic E-state index is 12.1. The summed E-state index contributed by atoms with van der Waals surface area (Å²) in [4.78, 5) is 37.9. The number of rotatable bonds is 4. The Morgan fingerprint density at radius 1 is 1.24 bits per heavy atom. The molecule has 0 unspecified atom stereocenters. The second-order valence-corrected chi connectivity index (χ2v) is 4.39. The molecule has 21 heavy (non-hydrogen) atoms. The first kappa shape index (κ1) is 14.8. The van der Waals surface area contributed by atoms with Crippen LogP contribution in [0.25, 0.3) is 10.9 Å². The largest absolute Gasteiger partial charge is 0.469 e. The predicted molar refractivity (Wildman–Crippen MR) is 76.2 cm³/mol. The van der Waals surface area contributed by atoms with Crippen molar-refractivity contribution in [2.75, 3.05) is 13.7 Å². The van der Waals surface area contributed by atoms with Gasteiger partial charge in [0.1, 0.15) is 0 Å². The molecule has 0 spiro atoms. The second kappa shape index (κ2) is 6.21. The number of fused-ring (bicyclic) bond motifs is 1. The molecule has 1 aromatic heterocycles. The zero-order chi connectivity index (χ0) is 15.4. The molecule has 6 nitrogen and oxygen atoms in total. The molecule has 0 bridgehead atoms. The van der Waals surface area contributed by atoms with Gasteiger partial charge in [0.25, 0.3) is 0 Å². The zero-order valence-electron chi connectivity index (χ0n) is 11.8. The van der Waals surface area contributed by atoms with Crippen molar-refractivity contribution >= 4 is 22.8 Å². The number of esters is 2. The fourth-order valence-electron chi connectivity index (χ4n) is 1.97. The lowest BCUT2D eigenvalue weighted by Crippen LogP contribution is -2.12. The summed E-state index contributed by atoms with van der Waals surface area (Å²) in [5, 5.41) is 0.370. The van der Waals surface area contributed by atoms with Crippen LogP contribution in [0.3, 0.4) is 0 Å². The molecular formula is C15H15NO5. The maximum absolute atomic E-state index is 12.1. The van der Waals surface area contributed by atoms with Gasteiger partial charge in [0.2, 0.25) is 0 Å². The van der Waals surface area contributed by atoms with Gasteiger partial charge in [-0.05, 0) is 25.1 Å². The number of carbonyl (C=O) groups is 2. The number of H-pyrrole nitrogens is 1. The summed E-state index contributed by atoms with van der Waals surface area (Å²) in [5.41, 5.74) is 1.06. The number of pyridine rings is 1. The molecule has 0 aliphatic rings. The van der Waals surface area contributed by atoms with Gasteiger partial charge in [-0.1, -0.05) is 0 Å². The predicted octanol–water partition coefficient (Wildman–Crippen LogP) is 1.42. The summed E-state index contributed by atoms with van der Waals surface area (Å²) in [6, 6.07) is 5.99. The van der Waals surface area contributed by atoms with Crippen molar-refractivity contribution in [1.82, 2.24) is 4.98 Å². The van der Waals surface area contributed by atoms with E-state index in [1.807, 2.05) is 0 Å². The van der Waals surface area contributed by atoms with Crippen LogP contribution in [0.1, 0.15) is 23.0 Å². The highest BCUT2D eigenvalue weighted by atomic mass is 16.5. The smallest absolute Gasteiger partial charge is 0.338 e. The van der Waals surface area contributed by atoms with E-state index in [9.17, 15) is 14.4 Å². The second-order valence-electron chi connectivity index (χ2n) is 4.39. The monoisotopic (exact) mass is 289 g/mol. The number of nitrogens with one attached hydrogen (secondary N) is 1. The van der Waals surface area contributed by atoms with Crippen LogP contribution in [0.5, 0.6) is 0 Å². The average Bonchev–Trinajstić information content (AvgIpc) is 2.47. The third kappa shape index (κ3) is 3.28. The Kier molecular flexibility index (Phi) is 4.37. The summed E-state index contributed by atoms with van der Waals surface area (Å²) in [6.45, 7) is 1.98. The summed E-state index contributed by atoms with van der Waals surface area (Å²) < 4.78 is 9.46. The highest BCUT2D eigenvalue weighted by Crippen LogP contribution is 2.13. The van der Waals surface area contributed by atoms with Gasteiger partial charge in [-0.25, -0.2) is 4.79 Å². The Hall–Kier alpha value is -2.63. The van der Waals surface area contributed by atoms with Crippen molar-refractivity contribution in [3.8, 4) is 0 Å². The molecule has 0 fully saturated rings. The van der Waals surface area contributed by atoms with Gasteiger partial charge in [-0.3, -0.25) is 9.59 Å². The van der Waals surface area contributed by atoms with Crippen LogP contribution >= 0.6 is 0 Å². The minimum atomic E-state index is -0.475. The Morgan fingerprint density at radius 3 is 2.67 bits per heavy atom. The van der Waals surface area contributed by atoms with E-state index in [0.29, 0.717) is 22.2 Å². The summed E-state index contributed by atoms with van der Waals surface area (Å²) in [7, 11) is 1.28. The number of aromatic amines is 1. The lowest BCUT2D eigenvalue weighted by Gasteiger charge is -2.06. The molecule has 0 aliphatic heterocycles. The average molecular weight is 289 g/mol. The van der Waals surface area contributed by atoms with E-state index in [2.05, 4.69) is 9.72 Å². The molecule has 2 aromatic rings. The van der Waals surface area contributed by atoms with E-state index in [1.54, 1.807) is 19.1 Å². The molecular weight excluding hydrogens is 274 g/mol. The molecule has 0 saturated heterocycles. The molecule has 110 valence electrons. The molecule has 1 N–H and O–H groups in total. The van der Waals surface area contributed by atoms with E-state index in [4.69, 9.17) is 4.74 Å². The summed E-state index contributed by atoms with van der Waals surface area (Å²) in [5.74, 6) is -0.911. The molecule has 0 saturated carbocycles. The Bertz CT molecular complexity index is 747. The quantitative estimate of drug-likeness (QED) is 0.860. The van der Waals surface area contributed by atoms with E-state index >= 15 is 0 Å². The van der Waals surface area contributed by atoms with Crippen LogP contribution in [0.2, 0.25) is 0 Å². The number of methoxy groups -OCH3 is 1. The highest BCUT2D eigenvalue weighted by molar-refractivity contribution is 5.94. The molecule has 1 aromatic carbocycles. The van der Waals surface area contributed by atoms with Crippen molar-refractivity contribution < 1.29 is 19.1 Å². The number of hydrogen-bond donors (Lipinski definition) is 1. The van der Waals surface area contributed by atoms with Crippen LogP contribution in [-0.2, 0) is 20.7 Å². The molecule has 6 heteroatoms. The molecule has 0 radical (unpaired) electrons. The van der Waals surface area contributed by atoms with E-state index in [-0.39, 0.29) is 18.5 Å². The number of carbonyl (C=O) groups excluding carboxylic acids is 2. The summed E-state index contributed by atoms with van der Waals surface area (Å²) >= 11 is 0. The third-order valence-corrected chi connectivity index (χ3v) is 2.96. The topological polar surface area (TPSA) is 85.5 Å². The number of ether oxygens (including phenoxy) is 2. The molecule has 0 aliphatic carbocycles. The minimum absolute atomic E-state index is 0.0126. The number of hydrogen-bond acceptors (Lipinski definition) is 5. The first-order chi connectivity index (χ1) is 10.0. The standard InChI is InChI=1S/C15H15NO5/c1-3-21-15(19)9-4-5-12-11(6-9)13(17)7-10(16-12)8-14(18)20-2/h4-7H,3,8H2,1-2H3,(H,16,17). The van der Waals surface area contributed by atoms with E-state index in [1.165, 1.54) is 19.2 Å². The molecule has 2 rings (SSSR count). The van der Waals surface area contributed by atoms with Crippen LogP contribution in [0.4, 0.5) is 0 Å². The normalized spacial score (nSPS) is 10.4. The van der Waals surface area contributed by atoms with E-state index < -0.39 is 11.9 Å². The van der Waals surface area contributed by atoms with Gasteiger partial charge in [-0.15, -0.1) is 0 Å². The van der Waals surface area contributed by atoms with Gasteiger partial charge in [0.15, 0.2) is 5.43 Å². The van der Waals surface area contributed by atoms with Gasteiger partial charge in [0, 0.05) is 22.7 Å². The molecule has 0 atom stereocenters. The van der Waals surface area contributed by atoms with E-state index in [0.717, 1.165) is 0 Å². The number of aromatic nitrogens is 1. The van der Waals surface area contributed by atoms with Gasteiger partial charge >= 0.3 is 11.9 Å². The van der Waals surface area contributed by atoms with Crippen molar-refractivity contribution in [1.29, 1.82) is 0 Å². The minimum Gasteiger partial charge on any atom is -0.469 e. The fraction of sp³-hybridized carbons (Fsp3) is 0.267. The van der Waals surface area contributed by atoms with Crippen molar-refractivity contribution in [3.05, 3.63) is 45.7 Å². The van der Waals surface area contributed by atoms with Crippen LogP contribution in [0, 0.1) is 0 Å². The first-order valence-electron chi connectivity index (χ1n) is 6.45. The number of benzene rings is 1. The zero-order valence-corrected chi connectivity index (χ0v) is 11.8. The Morgan fingerprint density at radius 2 is 2.00 bits per heavy atom. The Balaban J connectivity index is 2.43. The van der Waals surface area contributed by atoms with Crippen molar-refractivity contribution in [2.24, 2.45) is 0 Å². The van der Waals surface area contributed by atoms with Crippen LogP contribution in [-0.4, -0.2) is 30.6 Å². The summed E-state index contributed by atoms with van der Waals surface area (Å²) in [6.07, 6.45) is -0.0126. The van der Waals surface area contributed by atoms with Gasteiger partial charge < -0.3 is 14.5 Å². The first-order valence-corrected chi connectivity index (χ1v) is 6.45. The van der Waals surface area contributed by atoms with Gasteiger partial charge in [-0.2, -0.15) is 0 Å². The fourth-order valence-corrected chi connectivity index (χ4v) is 1.97. The van der Waals surface area contributed by atoms with Crippen molar-refractivity contribution in [3.63, 3.8) is 0 Å². The molecule has 0 amide bonds. The highest BCUT2D eigenvalue weighted by Gasteiger charge is 2.11. The van der Waals surface area contributed by atoms with Crippen LogP contribution in [0.15, 0.2) is 29.1 Å². The lowest BCUT2D eigenvalue weighted by molar-refractivity contribution is -0.139. The molecule has 1 heterocycles. The van der Waals surface area contributed by atoms with Crippen LogP contribution < -0.4 is 5.43 Å². The maximum Gasteiger partial charge on any atom is 0.338 e. The lowest BCUT2D eigenvalue weighted by atomic mass is 10.1. The third-order valence-electron chi connectivity index (χ3n) is 2.96. The van der Waals surface area contributed by atoms with Crippen molar-refractivity contribution in [2.45, 2.75) is 13.3 Å².